The number of benzene rings is 1. The third kappa shape index (κ3) is 1.49. The van der Waals surface area contributed by atoms with Gasteiger partial charge in [0.2, 0.25) is 0 Å². The van der Waals surface area contributed by atoms with Crippen LogP contribution in [0.5, 0.6) is 0 Å². The number of rotatable bonds is 0. The SMILES string of the molecule is C#C/C=c1/oc2ccccc2/c1=C(/C)N. The highest BCUT2D eigenvalue weighted by Crippen LogP contribution is 2.07. The van der Waals surface area contributed by atoms with Gasteiger partial charge in [-0.3, -0.25) is 0 Å². The second-order valence-electron chi connectivity index (χ2n) is 3.33. The summed E-state index contributed by atoms with van der Waals surface area (Å²) in [5, 5.41) is 1.89. The lowest BCUT2D eigenvalue weighted by molar-refractivity contribution is 0.575. The summed E-state index contributed by atoms with van der Waals surface area (Å²) in [5.74, 6) is 2.45. The third-order valence-electron chi connectivity index (χ3n) is 2.23. The molecule has 2 rings (SSSR count). The Bertz CT molecular complexity index is 652. The summed E-state index contributed by atoms with van der Waals surface area (Å²) in [7, 11) is 0. The van der Waals surface area contributed by atoms with Crippen LogP contribution in [0.3, 0.4) is 0 Å². The Labute approximate surface area is 87.7 Å². The first-order valence-electron chi connectivity index (χ1n) is 4.64. The minimum Gasteiger partial charge on any atom is -0.455 e. The van der Waals surface area contributed by atoms with E-state index in [1.807, 2.05) is 31.2 Å². The summed E-state index contributed by atoms with van der Waals surface area (Å²) < 4.78 is 5.60. The molecule has 0 aliphatic carbocycles. The smallest absolute Gasteiger partial charge is 0.145 e. The molecule has 2 nitrogen and oxygen atoms in total. The number of furan rings is 1. The fourth-order valence-electron chi connectivity index (χ4n) is 1.65. The molecule has 0 unspecified atom stereocenters. The highest BCUT2D eigenvalue weighted by molar-refractivity contribution is 5.80. The van der Waals surface area contributed by atoms with Gasteiger partial charge in [0.15, 0.2) is 0 Å². The second kappa shape index (κ2) is 3.55. The summed E-state index contributed by atoms with van der Waals surface area (Å²) in [6.45, 7) is 1.84. The van der Waals surface area contributed by atoms with Crippen LogP contribution in [0, 0.1) is 12.3 Å². The molecule has 2 heteroatoms. The van der Waals surface area contributed by atoms with E-state index in [2.05, 4.69) is 5.92 Å². The topological polar surface area (TPSA) is 39.2 Å². The lowest BCUT2D eigenvalue weighted by Gasteiger charge is -1.87. The van der Waals surface area contributed by atoms with Gasteiger partial charge in [-0.25, -0.2) is 0 Å². The van der Waals surface area contributed by atoms with Crippen LogP contribution in [0.15, 0.2) is 28.7 Å². The molecule has 0 saturated carbocycles. The predicted molar refractivity (Wildman–Crippen MR) is 62.0 cm³/mol. The highest BCUT2D eigenvalue weighted by Gasteiger charge is 2.02. The van der Waals surface area contributed by atoms with Gasteiger partial charge in [-0.15, -0.1) is 6.42 Å². The largest absolute Gasteiger partial charge is 0.455 e. The van der Waals surface area contributed by atoms with E-state index >= 15 is 0 Å². The van der Waals surface area contributed by atoms with Crippen molar-refractivity contribution in [2.45, 2.75) is 6.92 Å². The van der Waals surface area contributed by atoms with E-state index in [-0.39, 0.29) is 0 Å². The van der Waals surface area contributed by atoms with Crippen molar-refractivity contribution in [1.82, 2.24) is 0 Å². The summed E-state index contributed by atoms with van der Waals surface area (Å²) in [4.78, 5) is 0. The molecule has 74 valence electrons. The van der Waals surface area contributed by atoms with Crippen LogP contribution in [0.4, 0.5) is 0 Å². The quantitative estimate of drug-likeness (QED) is 0.638. The van der Waals surface area contributed by atoms with Crippen molar-refractivity contribution in [2.75, 3.05) is 0 Å². The van der Waals surface area contributed by atoms with Gasteiger partial charge < -0.3 is 10.2 Å². The number of nitrogens with two attached hydrogens (primary N) is 1. The Balaban J connectivity index is 3.10. The minimum absolute atomic E-state index is 0.652. The van der Waals surface area contributed by atoms with E-state index in [4.69, 9.17) is 16.6 Å². The highest BCUT2D eigenvalue weighted by atomic mass is 16.3. The molecule has 0 atom stereocenters. The maximum absolute atomic E-state index is 5.82. The van der Waals surface area contributed by atoms with E-state index < -0.39 is 0 Å². The average Bonchev–Trinajstić information content (AvgIpc) is 2.56. The molecule has 0 bridgehead atoms. The lowest BCUT2D eigenvalue weighted by atomic mass is 10.2. The Hall–Kier alpha value is -2.14. The Kier molecular flexibility index (Phi) is 2.23. The zero-order valence-corrected chi connectivity index (χ0v) is 8.45. The van der Waals surface area contributed by atoms with Crippen LogP contribution >= 0.6 is 0 Å². The molecule has 0 fully saturated rings. The van der Waals surface area contributed by atoms with Crippen LogP contribution in [0.2, 0.25) is 0 Å². The molecule has 0 radical (unpaired) electrons. The Morgan fingerprint density at radius 1 is 1.47 bits per heavy atom. The van der Waals surface area contributed by atoms with Crippen LogP contribution in [0.25, 0.3) is 22.7 Å². The summed E-state index contributed by atoms with van der Waals surface area (Å²) in [5.41, 5.74) is 7.99. The van der Waals surface area contributed by atoms with Crippen molar-refractivity contribution in [1.29, 1.82) is 0 Å². The zero-order chi connectivity index (χ0) is 10.8. The molecule has 2 N–H and O–H groups in total. The Morgan fingerprint density at radius 2 is 2.20 bits per heavy atom. The zero-order valence-electron chi connectivity index (χ0n) is 8.45. The molecule has 0 aliphatic rings. The van der Waals surface area contributed by atoms with Crippen LogP contribution in [-0.2, 0) is 0 Å². The van der Waals surface area contributed by atoms with Crippen molar-refractivity contribution >= 4 is 22.7 Å². The van der Waals surface area contributed by atoms with Gasteiger partial charge in [0.05, 0.1) is 0 Å². The number of terminal acetylenes is 1. The monoisotopic (exact) mass is 197 g/mol. The molecule has 1 aromatic heterocycles. The van der Waals surface area contributed by atoms with Gasteiger partial charge in [-0.2, -0.15) is 0 Å². The molecule has 1 aromatic carbocycles. The van der Waals surface area contributed by atoms with Gasteiger partial charge >= 0.3 is 0 Å². The maximum atomic E-state index is 5.82. The standard InChI is InChI=1S/C13H11NO/c1-3-6-12-13(9(2)14)10-7-4-5-8-11(10)15-12/h1,4-8H,14H2,2H3/b12-6+,13-9+. The molecular weight excluding hydrogens is 186 g/mol. The molecular formula is C13H11NO. The van der Waals surface area contributed by atoms with Crippen LogP contribution in [0.1, 0.15) is 6.92 Å². The predicted octanol–water partition coefficient (Wildman–Crippen LogP) is 0.933. The van der Waals surface area contributed by atoms with Gasteiger partial charge in [-0.1, -0.05) is 24.1 Å². The first-order valence-corrected chi connectivity index (χ1v) is 4.64. The summed E-state index contributed by atoms with van der Waals surface area (Å²) >= 11 is 0. The van der Waals surface area contributed by atoms with Gasteiger partial charge in [0.1, 0.15) is 11.0 Å². The first-order chi connectivity index (χ1) is 7.24. The lowest BCUT2D eigenvalue weighted by Crippen LogP contribution is -2.25. The average molecular weight is 197 g/mol. The summed E-state index contributed by atoms with van der Waals surface area (Å²) in [6.07, 6.45) is 6.82. The van der Waals surface area contributed by atoms with E-state index in [0.717, 1.165) is 16.2 Å². The van der Waals surface area contributed by atoms with E-state index in [1.54, 1.807) is 6.08 Å². The van der Waals surface area contributed by atoms with E-state index in [1.165, 1.54) is 0 Å². The maximum Gasteiger partial charge on any atom is 0.145 e. The molecule has 0 aliphatic heterocycles. The van der Waals surface area contributed by atoms with Gasteiger partial charge in [0, 0.05) is 22.4 Å². The van der Waals surface area contributed by atoms with Crippen molar-refractivity contribution in [3.63, 3.8) is 0 Å². The van der Waals surface area contributed by atoms with Crippen molar-refractivity contribution in [3.8, 4) is 12.3 Å². The fourth-order valence-corrected chi connectivity index (χ4v) is 1.65. The van der Waals surface area contributed by atoms with Crippen molar-refractivity contribution in [3.05, 3.63) is 34.9 Å². The molecule has 15 heavy (non-hydrogen) atoms. The third-order valence-corrected chi connectivity index (χ3v) is 2.23. The van der Waals surface area contributed by atoms with Gasteiger partial charge in [-0.05, 0) is 13.0 Å². The number of hydrogen-bond donors (Lipinski definition) is 1. The van der Waals surface area contributed by atoms with Crippen LogP contribution < -0.4 is 16.4 Å². The van der Waals surface area contributed by atoms with Crippen molar-refractivity contribution in [2.24, 2.45) is 5.73 Å². The van der Waals surface area contributed by atoms with Gasteiger partial charge in [0.25, 0.3) is 0 Å². The normalized spacial score (nSPS) is 14.0. The van der Waals surface area contributed by atoms with E-state index in [9.17, 15) is 0 Å². The number of hydrogen-bond acceptors (Lipinski definition) is 2. The molecule has 1 heterocycles. The van der Waals surface area contributed by atoms with Crippen molar-refractivity contribution < 1.29 is 4.42 Å². The Morgan fingerprint density at radius 3 is 2.87 bits per heavy atom. The molecule has 0 saturated heterocycles. The molecule has 2 aromatic rings. The number of para-hydroxylation sites is 1. The number of fused-ring (bicyclic) bond motifs is 1. The summed E-state index contributed by atoms with van der Waals surface area (Å²) in [6, 6.07) is 7.74. The molecule has 0 spiro atoms. The minimum atomic E-state index is 0.652. The first kappa shape index (κ1) is 9.42. The van der Waals surface area contributed by atoms with Crippen LogP contribution in [-0.4, -0.2) is 0 Å². The molecule has 0 amide bonds. The second-order valence-corrected chi connectivity index (χ2v) is 3.33. The van der Waals surface area contributed by atoms with E-state index in [0.29, 0.717) is 11.1 Å². The fraction of sp³-hybridized carbons (Fsp3) is 0.0769.